The third kappa shape index (κ3) is 1.50. The first-order valence-electron chi connectivity index (χ1n) is 7.23. The molecule has 0 aromatic heterocycles. The Morgan fingerprint density at radius 1 is 0.810 bits per heavy atom. The standard InChI is InChI=1S/C19H12Br2/c20-11-4-5-12-13-2-1-3-14-17(21)7-6-15(18(13)14)19(8-9-19)16(12)10-11/h1-7,10H,8-9H2. The molecule has 0 saturated heterocycles. The van der Waals surface area contributed by atoms with Crippen molar-refractivity contribution in [2.75, 3.05) is 0 Å². The van der Waals surface area contributed by atoms with Gasteiger partial charge in [-0.15, -0.1) is 0 Å². The molecule has 0 unspecified atom stereocenters. The predicted octanol–water partition coefficient (Wildman–Crippen LogP) is 6.43. The number of halogens is 2. The Kier molecular flexibility index (Phi) is 2.36. The predicted molar refractivity (Wildman–Crippen MR) is 94.8 cm³/mol. The summed E-state index contributed by atoms with van der Waals surface area (Å²) in [5.74, 6) is 0. The highest BCUT2D eigenvalue weighted by Crippen LogP contribution is 2.61. The largest absolute Gasteiger partial charge is 0.0610 e. The molecule has 0 aliphatic heterocycles. The molecular formula is C19H12Br2. The van der Waals surface area contributed by atoms with Crippen LogP contribution in [0.1, 0.15) is 24.0 Å². The molecule has 2 aliphatic rings. The first kappa shape index (κ1) is 12.4. The molecule has 0 bridgehead atoms. The Morgan fingerprint density at radius 2 is 1.67 bits per heavy atom. The summed E-state index contributed by atoms with van der Waals surface area (Å²) in [5.41, 5.74) is 6.06. The Labute approximate surface area is 140 Å². The zero-order chi connectivity index (χ0) is 14.2. The lowest BCUT2D eigenvalue weighted by atomic mass is 9.75. The van der Waals surface area contributed by atoms with Crippen molar-refractivity contribution in [1.29, 1.82) is 0 Å². The van der Waals surface area contributed by atoms with E-state index in [1.54, 1.807) is 0 Å². The summed E-state index contributed by atoms with van der Waals surface area (Å²) >= 11 is 7.37. The van der Waals surface area contributed by atoms with E-state index in [1.165, 1.54) is 54.8 Å². The second-order valence-electron chi connectivity index (χ2n) is 6.10. The molecule has 0 N–H and O–H groups in total. The zero-order valence-corrected chi connectivity index (χ0v) is 14.5. The van der Waals surface area contributed by atoms with Crippen molar-refractivity contribution in [3.05, 3.63) is 68.6 Å². The minimum atomic E-state index is 0.256. The molecule has 3 aromatic carbocycles. The van der Waals surface area contributed by atoms with Gasteiger partial charge in [-0.25, -0.2) is 0 Å². The number of hydrogen-bond acceptors (Lipinski definition) is 0. The molecule has 3 aromatic rings. The molecule has 2 heteroatoms. The molecule has 0 atom stereocenters. The van der Waals surface area contributed by atoms with E-state index in [4.69, 9.17) is 0 Å². The monoisotopic (exact) mass is 398 g/mol. The van der Waals surface area contributed by atoms with Crippen molar-refractivity contribution >= 4 is 42.6 Å². The minimum Gasteiger partial charge on any atom is -0.0610 e. The normalized spacial score (nSPS) is 17.0. The lowest BCUT2D eigenvalue weighted by Crippen LogP contribution is -2.15. The summed E-state index contributed by atoms with van der Waals surface area (Å²) < 4.78 is 2.37. The lowest BCUT2D eigenvalue weighted by molar-refractivity contribution is 0.852. The van der Waals surface area contributed by atoms with Gasteiger partial charge in [0.1, 0.15) is 0 Å². The molecular weight excluding hydrogens is 388 g/mol. The maximum atomic E-state index is 3.72. The highest BCUT2D eigenvalue weighted by atomic mass is 79.9. The molecule has 1 saturated carbocycles. The van der Waals surface area contributed by atoms with Crippen molar-refractivity contribution in [1.82, 2.24) is 0 Å². The van der Waals surface area contributed by atoms with Crippen LogP contribution in [-0.4, -0.2) is 0 Å². The van der Waals surface area contributed by atoms with E-state index >= 15 is 0 Å². The van der Waals surface area contributed by atoms with Crippen LogP contribution in [-0.2, 0) is 5.41 Å². The van der Waals surface area contributed by atoms with Gasteiger partial charge in [0.25, 0.3) is 0 Å². The minimum absolute atomic E-state index is 0.256. The second kappa shape index (κ2) is 3.99. The average Bonchev–Trinajstić information content (AvgIpc) is 3.28. The van der Waals surface area contributed by atoms with E-state index in [-0.39, 0.29) is 5.41 Å². The molecule has 1 spiro atoms. The van der Waals surface area contributed by atoms with Crippen molar-refractivity contribution in [2.45, 2.75) is 18.3 Å². The van der Waals surface area contributed by atoms with E-state index < -0.39 is 0 Å². The summed E-state index contributed by atoms with van der Waals surface area (Å²) in [6.45, 7) is 0. The molecule has 0 nitrogen and oxygen atoms in total. The van der Waals surface area contributed by atoms with Crippen molar-refractivity contribution in [3.63, 3.8) is 0 Å². The van der Waals surface area contributed by atoms with Gasteiger partial charge in [-0.05, 0) is 64.1 Å². The van der Waals surface area contributed by atoms with Crippen LogP contribution in [0.25, 0.3) is 21.9 Å². The molecule has 5 rings (SSSR count). The highest BCUT2D eigenvalue weighted by molar-refractivity contribution is 9.11. The van der Waals surface area contributed by atoms with Crippen LogP contribution in [0.15, 0.2) is 57.5 Å². The van der Waals surface area contributed by atoms with E-state index in [0.29, 0.717) is 0 Å². The topological polar surface area (TPSA) is 0 Å². The summed E-state index contributed by atoms with van der Waals surface area (Å²) in [5, 5.41) is 2.78. The number of fused-ring (bicyclic) bond motifs is 4. The maximum absolute atomic E-state index is 3.72. The third-order valence-electron chi connectivity index (χ3n) is 5.04. The number of rotatable bonds is 0. The lowest BCUT2D eigenvalue weighted by Gasteiger charge is -2.29. The smallest absolute Gasteiger partial charge is 0.0254 e. The van der Waals surface area contributed by atoms with Crippen LogP contribution >= 0.6 is 31.9 Å². The van der Waals surface area contributed by atoms with Gasteiger partial charge in [0.15, 0.2) is 0 Å². The fourth-order valence-corrected chi connectivity index (χ4v) is 4.77. The van der Waals surface area contributed by atoms with Gasteiger partial charge in [0.05, 0.1) is 0 Å². The van der Waals surface area contributed by atoms with Gasteiger partial charge in [-0.2, -0.15) is 0 Å². The first-order chi connectivity index (χ1) is 10.2. The maximum Gasteiger partial charge on any atom is 0.0254 e. The number of hydrogen-bond donors (Lipinski definition) is 0. The molecule has 0 radical (unpaired) electrons. The Morgan fingerprint density at radius 3 is 2.48 bits per heavy atom. The van der Waals surface area contributed by atoms with Crippen LogP contribution in [0.5, 0.6) is 0 Å². The Balaban J connectivity index is 2.03. The fourth-order valence-electron chi connectivity index (χ4n) is 3.95. The van der Waals surface area contributed by atoms with Crippen molar-refractivity contribution in [2.24, 2.45) is 0 Å². The molecule has 0 heterocycles. The summed E-state index contributed by atoms with van der Waals surface area (Å²) in [7, 11) is 0. The van der Waals surface area contributed by atoms with E-state index in [2.05, 4.69) is 80.4 Å². The highest BCUT2D eigenvalue weighted by Gasteiger charge is 2.50. The third-order valence-corrected chi connectivity index (χ3v) is 6.23. The molecule has 21 heavy (non-hydrogen) atoms. The number of benzene rings is 3. The quantitative estimate of drug-likeness (QED) is 0.408. The van der Waals surface area contributed by atoms with Gasteiger partial charge in [0, 0.05) is 14.4 Å². The Hall–Kier alpha value is -1.12. The molecule has 0 amide bonds. The van der Waals surface area contributed by atoms with Crippen LogP contribution in [0.4, 0.5) is 0 Å². The van der Waals surface area contributed by atoms with Crippen LogP contribution in [0.3, 0.4) is 0 Å². The zero-order valence-electron chi connectivity index (χ0n) is 11.3. The second-order valence-corrected chi connectivity index (χ2v) is 7.87. The van der Waals surface area contributed by atoms with Gasteiger partial charge in [0.2, 0.25) is 0 Å². The molecule has 1 fully saturated rings. The molecule has 102 valence electrons. The summed E-state index contributed by atoms with van der Waals surface area (Å²) in [4.78, 5) is 0. The average molecular weight is 400 g/mol. The van der Waals surface area contributed by atoms with Gasteiger partial charge >= 0.3 is 0 Å². The van der Waals surface area contributed by atoms with Gasteiger partial charge < -0.3 is 0 Å². The van der Waals surface area contributed by atoms with Crippen LogP contribution < -0.4 is 0 Å². The molecule has 2 aliphatic carbocycles. The summed E-state index contributed by atoms with van der Waals surface area (Å²) in [6.07, 6.45) is 2.53. The van der Waals surface area contributed by atoms with Gasteiger partial charge in [-0.1, -0.05) is 62.2 Å². The summed E-state index contributed by atoms with van der Waals surface area (Å²) in [6, 6.07) is 18.0. The van der Waals surface area contributed by atoms with Crippen molar-refractivity contribution < 1.29 is 0 Å². The van der Waals surface area contributed by atoms with E-state index in [0.717, 1.165) is 0 Å². The van der Waals surface area contributed by atoms with Gasteiger partial charge in [-0.3, -0.25) is 0 Å². The van der Waals surface area contributed by atoms with Crippen molar-refractivity contribution in [3.8, 4) is 11.1 Å². The van der Waals surface area contributed by atoms with Crippen LogP contribution in [0, 0.1) is 0 Å². The van der Waals surface area contributed by atoms with E-state index in [9.17, 15) is 0 Å². The Bertz CT molecular complexity index is 920. The fraction of sp³-hybridized carbons (Fsp3) is 0.158. The SMILES string of the molecule is Brc1ccc2c(c1)C1(CC1)c1ccc(Br)c3cccc-2c13. The first-order valence-corrected chi connectivity index (χ1v) is 8.81. The van der Waals surface area contributed by atoms with E-state index in [1.807, 2.05) is 0 Å². The van der Waals surface area contributed by atoms with Crippen LogP contribution in [0.2, 0.25) is 0 Å².